The molecule has 3 rings (SSSR count). The molecule has 0 saturated carbocycles. The minimum absolute atomic E-state index is 0.00507. The number of hydrogen-bond acceptors (Lipinski definition) is 9. The second-order valence-corrected chi connectivity index (χ2v) is 8.15. The Bertz CT molecular complexity index is 1230. The first kappa shape index (κ1) is 29.5. The van der Waals surface area contributed by atoms with Crippen LogP contribution in [0.4, 0.5) is 0 Å². The number of methoxy groups -OCH3 is 3. The van der Waals surface area contributed by atoms with E-state index in [0.29, 0.717) is 24.7 Å². The fourth-order valence-corrected chi connectivity index (χ4v) is 3.75. The summed E-state index contributed by atoms with van der Waals surface area (Å²) in [5.74, 6) is -0.174. The summed E-state index contributed by atoms with van der Waals surface area (Å²) in [5, 5.41) is 0. The van der Waals surface area contributed by atoms with Crippen LogP contribution in [-0.2, 0) is 16.1 Å². The fourth-order valence-electron chi connectivity index (χ4n) is 3.75. The molecular weight excluding hydrogens is 504 g/mol. The van der Waals surface area contributed by atoms with Crippen LogP contribution in [0.2, 0.25) is 0 Å². The number of ketones is 2. The van der Waals surface area contributed by atoms with E-state index in [9.17, 15) is 9.59 Å². The molecule has 3 aromatic rings. The maximum Gasteiger partial charge on any atom is 0.237 e. The molecule has 0 fully saturated rings. The van der Waals surface area contributed by atoms with Crippen molar-refractivity contribution in [2.24, 2.45) is 0 Å². The number of carbonyl (C=O) groups excluding carboxylic acids is 2. The van der Waals surface area contributed by atoms with E-state index in [0.717, 1.165) is 5.56 Å². The van der Waals surface area contributed by atoms with Gasteiger partial charge in [0.2, 0.25) is 11.6 Å². The highest BCUT2D eigenvalue weighted by molar-refractivity contribution is 6.50. The molecule has 0 aliphatic carbocycles. The van der Waals surface area contributed by atoms with Gasteiger partial charge in [0.1, 0.15) is 30.5 Å². The summed E-state index contributed by atoms with van der Waals surface area (Å²) in [6, 6.07) is 17.0. The molecule has 0 spiro atoms. The molecule has 0 bridgehead atoms. The zero-order valence-corrected chi connectivity index (χ0v) is 22.9. The van der Waals surface area contributed by atoms with Gasteiger partial charge >= 0.3 is 0 Å². The summed E-state index contributed by atoms with van der Waals surface area (Å²) in [4.78, 5) is 27.2. The first-order chi connectivity index (χ1) is 18.9. The van der Waals surface area contributed by atoms with Gasteiger partial charge in [0.05, 0.1) is 32.5 Å². The Morgan fingerprint density at radius 2 is 1.28 bits per heavy atom. The second-order valence-electron chi connectivity index (χ2n) is 8.15. The summed E-state index contributed by atoms with van der Waals surface area (Å²) in [5.41, 5.74) is 0.967. The third kappa shape index (κ3) is 7.72. The summed E-state index contributed by atoms with van der Waals surface area (Å²) in [6.45, 7) is 4.70. The average Bonchev–Trinajstić information content (AvgIpc) is 2.98. The van der Waals surface area contributed by atoms with E-state index in [1.54, 1.807) is 6.07 Å². The number of Topliss-reactive ketones (excluding diaryl/α,β-unsaturated/α-hetero) is 2. The van der Waals surface area contributed by atoms with Crippen LogP contribution in [0.25, 0.3) is 0 Å². The van der Waals surface area contributed by atoms with Gasteiger partial charge in [0.15, 0.2) is 17.8 Å². The summed E-state index contributed by atoms with van der Waals surface area (Å²) >= 11 is 0. The second kappa shape index (κ2) is 14.8. The smallest absolute Gasteiger partial charge is 0.237 e. The van der Waals surface area contributed by atoms with Gasteiger partial charge in [0.25, 0.3) is 0 Å². The molecule has 0 N–H and O–H groups in total. The topological polar surface area (TPSA) is 98.8 Å². The van der Waals surface area contributed by atoms with Crippen LogP contribution in [-0.4, -0.2) is 59.0 Å². The quantitative estimate of drug-likeness (QED) is 0.140. The Hall–Kier alpha value is -4.08. The van der Waals surface area contributed by atoms with Crippen LogP contribution in [0.15, 0.2) is 60.7 Å². The van der Waals surface area contributed by atoms with E-state index in [4.69, 9.17) is 33.2 Å². The first-order valence-corrected chi connectivity index (χ1v) is 12.5. The molecule has 0 radical (unpaired) electrons. The van der Waals surface area contributed by atoms with Crippen LogP contribution < -0.4 is 23.7 Å². The molecule has 0 saturated heterocycles. The van der Waals surface area contributed by atoms with Gasteiger partial charge in [-0.2, -0.15) is 0 Å². The minimum atomic E-state index is -0.805. The van der Waals surface area contributed by atoms with Crippen molar-refractivity contribution in [1.29, 1.82) is 0 Å². The highest BCUT2D eigenvalue weighted by atomic mass is 16.7. The molecule has 9 heteroatoms. The first-order valence-electron chi connectivity index (χ1n) is 12.5. The molecule has 3 aromatic carbocycles. The number of rotatable bonds is 16. The third-order valence-corrected chi connectivity index (χ3v) is 5.69. The largest absolute Gasteiger partial charge is 0.497 e. The molecule has 0 aliphatic heterocycles. The lowest BCUT2D eigenvalue weighted by Crippen LogP contribution is -2.26. The fraction of sp³-hybridized carbons (Fsp3) is 0.333. The van der Waals surface area contributed by atoms with Crippen LogP contribution in [0.5, 0.6) is 28.7 Å². The highest BCUT2D eigenvalue weighted by Gasteiger charge is 2.28. The molecular formula is C30H34O9. The van der Waals surface area contributed by atoms with Gasteiger partial charge in [-0.05, 0) is 37.6 Å². The van der Waals surface area contributed by atoms with E-state index >= 15 is 0 Å². The van der Waals surface area contributed by atoms with E-state index in [1.807, 2.05) is 44.2 Å². The van der Waals surface area contributed by atoms with Crippen molar-refractivity contribution in [3.8, 4) is 28.7 Å². The SMILES string of the molecule is CCOC(COc1cc(OC)ccc1C(=O)C(=O)c1cc(OC)c(OC)cc1OCc1ccccc1)OCC. The zero-order chi connectivity index (χ0) is 28.2. The van der Waals surface area contributed by atoms with Gasteiger partial charge < -0.3 is 33.2 Å². The predicted molar refractivity (Wildman–Crippen MR) is 145 cm³/mol. The molecule has 0 heterocycles. The van der Waals surface area contributed by atoms with Crippen molar-refractivity contribution >= 4 is 11.6 Å². The summed E-state index contributed by atoms with van der Waals surface area (Å²) in [7, 11) is 4.42. The molecule has 208 valence electrons. The van der Waals surface area contributed by atoms with Crippen LogP contribution in [0.3, 0.4) is 0 Å². The highest BCUT2D eigenvalue weighted by Crippen LogP contribution is 2.36. The zero-order valence-electron chi connectivity index (χ0n) is 22.9. The van der Waals surface area contributed by atoms with E-state index in [1.165, 1.54) is 45.6 Å². The average molecular weight is 539 g/mol. The Kier molecular flexibility index (Phi) is 11.1. The predicted octanol–water partition coefficient (Wildman–Crippen LogP) is 5.13. The van der Waals surface area contributed by atoms with Gasteiger partial charge in [-0.3, -0.25) is 9.59 Å². The van der Waals surface area contributed by atoms with Gasteiger partial charge in [-0.25, -0.2) is 0 Å². The standard InChI is InChI=1S/C30H34O9/c1-6-36-28(37-7-2)19-39-24-15-21(33-3)13-14-22(24)29(31)30(32)23-16-26(34-4)27(35-5)17-25(23)38-18-20-11-9-8-10-12-20/h8-17,28H,6-7,18-19H2,1-5H3. The van der Waals surface area contributed by atoms with Crippen LogP contribution in [0.1, 0.15) is 40.1 Å². The van der Waals surface area contributed by atoms with Crippen molar-refractivity contribution in [3.63, 3.8) is 0 Å². The Morgan fingerprint density at radius 3 is 1.90 bits per heavy atom. The molecule has 39 heavy (non-hydrogen) atoms. The number of ether oxygens (including phenoxy) is 7. The monoisotopic (exact) mass is 538 g/mol. The van der Waals surface area contributed by atoms with E-state index in [2.05, 4.69) is 0 Å². The molecule has 9 nitrogen and oxygen atoms in total. The van der Waals surface area contributed by atoms with Crippen LogP contribution >= 0.6 is 0 Å². The summed E-state index contributed by atoms with van der Waals surface area (Å²) in [6.07, 6.45) is -0.645. The molecule has 0 unspecified atom stereocenters. The van der Waals surface area contributed by atoms with Crippen molar-refractivity contribution in [1.82, 2.24) is 0 Å². The number of carbonyl (C=O) groups is 2. The molecule has 0 aromatic heterocycles. The lowest BCUT2D eigenvalue weighted by Gasteiger charge is -2.19. The van der Waals surface area contributed by atoms with Gasteiger partial charge in [-0.1, -0.05) is 30.3 Å². The molecule has 0 aliphatic rings. The van der Waals surface area contributed by atoms with Gasteiger partial charge in [-0.15, -0.1) is 0 Å². The Morgan fingerprint density at radius 1 is 0.667 bits per heavy atom. The lowest BCUT2D eigenvalue weighted by atomic mass is 9.99. The molecule has 0 atom stereocenters. The van der Waals surface area contributed by atoms with Crippen molar-refractivity contribution < 1.29 is 42.7 Å². The molecule has 0 amide bonds. The van der Waals surface area contributed by atoms with E-state index < -0.39 is 17.9 Å². The maximum atomic E-state index is 13.6. The normalized spacial score (nSPS) is 10.7. The lowest BCUT2D eigenvalue weighted by molar-refractivity contribution is -0.152. The van der Waals surface area contributed by atoms with Gasteiger partial charge in [0, 0.05) is 25.3 Å². The Balaban J connectivity index is 1.96. The van der Waals surface area contributed by atoms with Crippen molar-refractivity contribution in [2.75, 3.05) is 41.2 Å². The maximum absolute atomic E-state index is 13.6. The van der Waals surface area contributed by atoms with Crippen molar-refractivity contribution in [2.45, 2.75) is 26.7 Å². The number of benzene rings is 3. The summed E-state index contributed by atoms with van der Waals surface area (Å²) < 4.78 is 39.0. The Labute approximate surface area is 228 Å². The third-order valence-electron chi connectivity index (χ3n) is 5.69. The van der Waals surface area contributed by atoms with E-state index in [-0.39, 0.29) is 41.6 Å². The number of hydrogen-bond donors (Lipinski definition) is 0. The van der Waals surface area contributed by atoms with Crippen molar-refractivity contribution in [3.05, 3.63) is 77.4 Å². The van der Waals surface area contributed by atoms with Crippen LogP contribution in [0, 0.1) is 0 Å². The minimum Gasteiger partial charge on any atom is -0.497 e.